The number of fused-ring (bicyclic) bond motifs is 1. The lowest BCUT2D eigenvalue weighted by atomic mass is 9.56. The van der Waals surface area contributed by atoms with Gasteiger partial charge in [-0.05, 0) is 55.9 Å². The van der Waals surface area contributed by atoms with E-state index >= 15 is 0 Å². The van der Waals surface area contributed by atoms with Crippen molar-refractivity contribution in [2.24, 2.45) is 17.3 Å². The summed E-state index contributed by atoms with van der Waals surface area (Å²) >= 11 is 0. The summed E-state index contributed by atoms with van der Waals surface area (Å²) in [4.78, 5) is 11.7. The monoisotopic (exact) mass is 244 g/mol. The van der Waals surface area contributed by atoms with E-state index in [9.17, 15) is 4.79 Å². The van der Waals surface area contributed by atoms with Gasteiger partial charge in [-0.2, -0.15) is 0 Å². The van der Waals surface area contributed by atoms with Gasteiger partial charge in [0, 0.05) is 6.42 Å². The second kappa shape index (κ2) is 4.87. The van der Waals surface area contributed by atoms with Gasteiger partial charge in [0.2, 0.25) is 0 Å². The van der Waals surface area contributed by atoms with Gasteiger partial charge in [0.25, 0.3) is 0 Å². The van der Waals surface area contributed by atoms with Crippen LogP contribution in [-0.2, 0) is 4.79 Å². The first-order valence-electron chi connectivity index (χ1n) is 6.97. The van der Waals surface area contributed by atoms with Gasteiger partial charge < -0.3 is 0 Å². The maximum absolute atomic E-state index is 11.7. The SMILES string of the molecule is C=CC[C@H]1C[C@H](C(=C)C)CC2=CC(=O)CC[C@@]21C. The molecule has 0 aliphatic heterocycles. The van der Waals surface area contributed by atoms with Crippen molar-refractivity contribution in [3.05, 3.63) is 36.5 Å². The van der Waals surface area contributed by atoms with Crippen molar-refractivity contribution in [1.29, 1.82) is 0 Å². The third kappa shape index (κ3) is 2.23. The van der Waals surface area contributed by atoms with Gasteiger partial charge in [-0.1, -0.05) is 30.7 Å². The predicted molar refractivity (Wildman–Crippen MR) is 76.3 cm³/mol. The van der Waals surface area contributed by atoms with Crippen LogP contribution in [0.1, 0.15) is 46.0 Å². The lowest BCUT2D eigenvalue weighted by molar-refractivity contribution is -0.116. The molecule has 0 aromatic carbocycles. The molecule has 1 nitrogen and oxygen atoms in total. The fourth-order valence-corrected chi connectivity index (χ4v) is 3.62. The molecule has 0 radical (unpaired) electrons. The van der Waals surface area contributed by atoms with Crippen molar-refractivity contribution in [2.45, 2.75) is 46.0 Å². The highest BCUT2D eigenvalue weighted by atomic mass is 16.1. The largest absolute Gasteiger partial charge is 0.295 e. The Balaban J connectivity index is 2.34. The highest BCUT2D eigenvalue weighted by Gasteiger charge is 2.44. The molecule has 0 aromatic rings. The van der Waals surface area contributed by atoms with Crippen LogP contribution < -0.4 is 0 Å². The number of ketones is 1. The number of carbonyl (C=O) groups is 1. The molecule has 0 amide bonds. The Morgan fingerprint density at radius 1 is 1.61 bits per heavy atom. The zero-order valence-electron chi connectivity index (χ0n) is 11.7. The van der Waals surface area contributed by atoms with Gasteiger partial charge in [0.05, 0.1) is 0 Å². The molecule has 1 fully saturated rings. The van der Waals surface area contributed by atoms with E-state index in [0.717, 1.165) is 19.3 Å². The van der Waals surface area contributed by atoms with Crippen LogP contribution in [0.2, 0.25) is 0 Å². The standard InChI is InChI=1S/C17H24O/c1-5-6-14-9-13(12(2)3)10-15-11-16(18)7-8-17(14,15)4/h5,11,13-14H,1-2,6-10H2,3-4H3/t13-,14-,17+/m0/s1. The molecule has 0 aromatic heterocycles. The molecule has 0 unspecified atom stereocenters. The fraction of sp³-hybridized carbons (Fsp3) is 0.588. The summed E-state index contributed by atoms with van der Waals surface area (Å²) in [6.07, 6.45) is 8.96. The minimum Gasteiger partial charge on any atom is -0.295 e. The highest BCUT2D eigenvalue weighted by Crippen LogP contribution is 2.54. The van der Waals surface area contributed by atoms with Crippen LogP contribution in [0, 0.1) is 17.3 Å². The molecule has 0 saturated heterocycles. The van der Waals surface area contributed by atoms with Crippen LogP contribution >= 0.6 is 0 Å². The van der Waals surface area contributed by atoms with Gasteiger partial charge in [-0.15, -0.1) is 6.58 Å². The number of hydrogen-bond acceptors (Lipinski definition) is 1. The topological polar surface area (TPSA) is 17.1 Å². The normalized spacial score (nSPS) is 35.7. The summed E-state index contributed by atoms with van der Waals surface area (Å²) in [6.45, 7) is 12.5. The molecular weight excluding hydrogens is 220 g/mol. The second-order valence-corrected chi connectivity index (χ2v) is 6.26. The van der Waals surface area contributed by atoms with Crippen molar-refractivity contribution >= 4 is 5.78 Å². The van der Waals surface area contributed by atoms with Gasteiger partial charge in [0.15, 0.2) is 5.78 Å². The summed E-state index contributed by atoms with van der Waals surface area (Å²) < 4.78 is 0. The zero-order valence-corrected chi connectivity index (χ0v) is 11.7. The summed E-state index contributed by atoms with van der Waals surface area (Å²) in [5, 5.41) is 0. The van der Waals surface area contributed by atoms with E-state index in [0.29, 0.717) is 24.0 Å². The zero-order chi connectivity index (χ0) is 13.3. The third-order valence-electron chi connectivity index (χ3n) is 5.04. The first kappa shape index (κ1) is 13.3. The van der Waals surface area contributed by atoms with Crippen LogP contribution in [0.4, 0.5) is 0 Å². The Morgan fingerprint density at radius 3 is 2.94 bits per heavy atom. The highest BCUT2D eigenvalue weighted by molar-refractivity contribution is 5.91. The molecule has 2 aliphatic rings. The summed E-state index contributed by atoms with van der Waals surface area (Å²) in [5.74, 6) is 1.46. The Bertz CT molecular complexity index is 415. The first-order chi connectivity index (χ1) is 8.47. The summed E-state index contributed by atoms with van der Waals surface area (Å²) in [7, 11) is 0. The van der Waals surface area contributed by atoms with Gasteiger partial charge in [-0.25, -0.2) is 0 Å². The molecule has 2 rings (SSSR count). The van der Waals surface area contributed by atoms with E-state index in [4.69, 9.17) is 0 Å². The smallest absolute Gasteiger partial charge is 0.155 e. The number of hydrogen-bond donors (Lipinski definition) is 0. The van der Waals surface area contributed by atoms with Crippen molar-refractivity contribution in [1.82, 2.24) is 0 Å². The minimum atomic E-state index is 0.216. The summed E-state index contributed by atoms with van der Waals surface area (Å²) in [5.41, 5.74) is 2.84. The van der Waals surface area contributed by atoms with Gasteiger partial charge in [0.1, 0.15) is 0 Å². The molecule has 3 atom stereocenters. The van der Waals surface area contributed by atoms with Crippen LogP contribution in [0.3, 0.4) is 0 Å². The average molecular weight is 244 g/mol. The van der Waals surface area contributed by atoms with Crippen molar-refractivity contribution in [2.75, 3.05) is 0 Å². The van der Waals surface area contributed by atoms with Gasteiger partial charge >= 0.3 is 0 Å². The average Bonchev–Trinajstić information content (AvgIpc) is 2.31. The third-order valence-corrected chi connectivity index (χ3v) is 5.04. The molecule has 0 N–H and O–H groups in total. The molecule has 0 spiro atoms. The maximum atomic E-state index is 11.7. The van der Waals surface area contributed by atoms with E-state index in [2.05, 4.69) is 27.0 Å². The summed E-state index contributed by atoms with van der Waals surface area (Å²) in [6, 6.07) is 0. The second-order valence-electron chi connectivity index (χ2n) is 6.26. The Kier molecular flexibility index (Phi) is 3.61. The molecule has 0 bridgehead atoms. The lowest BCUT2D eigenvalue weighted by Gasteiger charge is -2.48. The lowest BCUT2D eigenvalue weighted by Crippen LogP contribution is -2.39. The van der Waals surface area contributed by atoms with Gasteiger partial charge in [-0.3, -0.25) is 4.79 Å². The van der Waals surface area contributed by atoms with Crippen LogP contribution in [0.5, 0.6) is 0 Å². The quantitative estimate of drug-likeness (QED) is 0.670. The number of carbonyl (C=O) groups excluding carboxylic acids is 1. The molecule has 18 heavy (non-hydrogen) atoms. The van der Waals surface area contributed by atoms with E-state index in [1.165, 1.54) is 17.6 Å². The van der Waals surface area contributed by atoms with Crippen molar-refractivity contribution < 1.29 is 4.79 Å². The molecule has 98 valence electrons. The van der Waals surface area contributed by atoms with E-state index < -0.39 is 0 Å². The Hall–Kier alpha value is -1.11. The molecular formula is C17H24O. The predicted octanol–water partition coefficient (Wildman–Crippen LogP) is 4.46. The van der Waals surface area contributed by atoms with E-state index in [1.54, 1.807) is 0 Å². The van der Waals surface area contributed by atoms with Crippen molar-refractivity contribution in [3.63, 3.8) is 0 Å². The van der Waals surface area contributed by atoms with Crippen LogP contribution in [0.15, 0.2) is 36.5 Å². The minimum absolute atomic E-state index is 0.216. The molecule has 1 heteroatoms. The van der Waals surface area contributed by atoms with Crippen molar-refractivity contribution in [3.8, 4) is 0 Å². The fourth-order valence-electron chi connectivity index (χ4n) is 3.62. The van der Waals surface area contributed by atoms with E-state index in [-0.39, 0.29) is 5.41 Å². The molecule has 0 heterocycles. The van der Waals surface area contributed by atoms with E-state index in [1.807, 2.05) is 12.2 Å². The Morgan fingerprint density at radius 2 is 2.33 bits per heavy atom. The Labute approximate surface area is 111 Å². The van der Waals surface area contributed by atoms with Crippen LogP contribution in [-0.4, -0.2) is 5.78 Å². The maximum Gasteiger partial charge on any atom is 0.155 e. The molecule has 2 aliphatic carbocycles. The number of rotatable bonds is 3. The van der Waals surface area contributed by atoms with Crippen LogP contribution in [0.25, 0.3) is 0 Å². The number of allylic oxidation sites excluding steroid dienone is 4. The molecule has 1 saturated carbocycles. The first-order valence-corrected chi connectivity index (χ1v) is 6.97.